The van der Waals surface area contributed by atoms with Crippen LogP contribution < -0.4 is 5.73 Å². The molecule has 1 aromatic rings. The number of rotatable bonds is 2. The van der Waals surface area contributed by atoms with Crippen molar-refractivity contribution < 1.29 is 0 Å². The standard InChI is InChI=1S/C10H11BrN2/c1-7-2-3-8(11)6-9(7)10(13)4-5-12/h2-3,6,10H,4,13H2,1H3. The third kappa shape index (κ3) is 2.55. The van der Waals surface area contributed by atoms with E-state index in [0.717, 1.165) is 15.6 Å². The van der Waals surface area contributed by atoms with Crippen molar-refractivity contribution in [3.8, 4) is 6.07 Å². The van der Waals surface area contributed by atoms with Crippen LogP contribution in [0, 0.1) is 18.3 Å². The summed E-state index contributed by atoms with van der Waals surface area (Å²) in [6.07, 6.45) is 0.358. The SMILES string of the molecule is Cc1ccc(Br)cc1C(N)CC#N. The molecule has 0 aliphatic rings. The van der Waals surface area contributed by atoms with Crippen LogP contribution in [-0.4, -0.2) is 0 Å². The van der Waals surface area contributed by atoms with E-state index in [-0.39, 0.29) is 6.04 Å². The zero-order valence-electron chi connectivity index (χ0n) is 7.42. The van der Waals surface area contributed by atoms with E-state index in [4.69, 9.17) is 11.0 Å². The van der Waals surface area contributed by atoms with Crippen molar-refractivity contribution in [1.82, 2.24) is 0 Å². The topological polar surface area (TPSA) is 49.8 Å². The normalized spacial score (nSPS) is 12.2. The van der Waals surface area contributed by atoms with Crippen molar-refractivity contribution in [1.29, 1.82) is 5.26 Å². The lowest BCUT2D eigenvalue weighted by molar-refractivity contribution is 0.742. The second-order valence-electron chi connectivity index (χ2n) is 2.97. The quantitative estimate of drug-likeness (QED) is 0.862. The molecule has 0 heterocycles. The third-order valence-corrected chi connectivity index (χ3v) is 2.45. The van der Waals surface area contributed by atoms with Gasteiger partial charge in [-0.2, -0.15) is 5.26 Å². The summed E-state index contributed by atoms with van der Waals surface area (Å²) in [5.41, 5.74) is 8.00. The Bertz CT molecular complexity index is 341. The molecular weight excluding hydrogens is 228 g/mol. The van der Waals surface area contributed by atoms with Crippen LogP contribution in [-0.2, 0) is 0 Å². The average molecular weight is 239 g/mol. The second-order valence-corrected chi connectivity index (χ2v) is 3.89. The third-order valence-electron chi connectivity index (χ3n) is 1.95. The molecule has 2 nitrogen and oxygen atoms in total. The van der Waals surface area contributed by atoms with Crippen LogP contribution in [0.3, 0.4) is 0 Å². The highest BCUT2D eigenvalue weighted by Crippen LogP contribution is 2.22. The number of hydrogen-bond donors (Lipinski definition) is 1. The first kappa shape index (κ1) is 10.2. The Labute approximate surface area is 86.5 Å². The zero-order chi connectivity index (χ0) is 9.84. The van der Waals surface area contributed by atoms with Crippen molar-refractivity contribution in [2.24, 2.45) is 5.73 Å². The molecule has 0 aliphatic carbocycles. The van der Waals surface area contributed by atoms with Crippen LogP contribution in [0.2, 0.25) is 0 Å². The van der Waals surface area contributed by atoms with Gasteiger partial charge in [-0.3, -0.25) is 0 Å². The van der Waals surface area contributed by atoms with E-state index in [1.807, 2.05) is 25.1 Å². The molecule has 0 aromatic heterocycles. The summed E-state index contributed by atoms with van der Waals surface area (Å²) in [4.78, 5) is 0. The molecule has 0 aliphatic heterocycles. The summed E-state index contributed by atoms with van der Waals surface area (Å²) in [7, 11) is 0. The van der Waals surface area contributed by atoms with Gasteiger partial charge in [-0.15, -0.1) is 0 Å². The van der Waals surface area contributed by atoms with Crippen molar-refractivity contribution in [3.05, 3.63) is 33.8 Å². The van der Waals surface area contributed by atoms with Gasteiger partial charge in [0.2, 0.25) is 0 Å². The van der Waals surface area contributed by atoms with E-state index in [1.165, 1.54) is 0 Å². The molecule has 13 heavy (non-hydrogen) atoms. The second kappa shape index (κ2) is 4.40. The molecule has 2 N–H and O–H groups in total. The monoisotopic (exact) mass is 238 g/mol. The summed E-state index contributed by atoms with van der Waals surface area (Å²) in [6, 6.07) is 7.83. The van der Waals surface area contributed by atoms with Gasteiger partial charge in [-0.05, 0) is 30.2 Å². The van der Waals surface area contributed by atoms with E-state index in [0.29, 0.717) is 6.42 Å². The van der Waals surface area contributed by atoms with Gasteiger partial charge >= 0.3 is 0 Å². The van der Waals surface area contributed by atoms with Crippen LogP contribution in [0.15, 0.2) is 22.7 Å². The molecule has 1 atom stereocenters. The number of hydrogen-bond acceptors (Lipinski definition) is 2. The number of nitrogens with two attached hydrogens (primary N) is 1. The molecule has 1 aromatic carbocycles. The minimum absolute atomic E-state index is 0.178. The van der Waals surface area contributed by atoms with Crippen LogP contribution in [0.1, 0.15) is 23.6 Å². The molecule has 0 radical (unpaired) electrons. The van der Waals surface area contributed by atoms with E-state index in [1.54, 1.807) is 0 Å². The molecule has 1 rings (SSSR count). The highest BCUT2D eigenvalue weighted by molar-refractivity contribution is 9.10. The van der Waals surface area contributed by atoms with Gasteiger partial charge in [0, 0.05) is 10.5 Å². The Balaban J connectivity index is 3.00. The van der Waals surface area contributed by atoms with Gasteiger partial charge in [0.1, 0.15) is 0 Å². The van der Waals surface area contributed by atoms with Crippen molar-refractivity contribution >= 4 is 15.9 Å². The van der Waals surface area contributed by atoms with Crippen LogP contribution in [0.5, 0.6) is 0 Å². The summed E-state index contributed by atoms with van der Waals surface area (Å²) < 4.78 is 1.00. The van der Waals surface area contributed by atoms with E-state index in [9.17, 15) is 0 Å². The van der Waals surface area contributed by atoms with Crippen LogP contribution >= 0.6 is 15.9 Å². The Hall–Kier alpha value is -0.850. The van der Waals surface area contributed by atoms with Crippen molar-refractivity contribution in [3.63, 3.8) is 0 Å². The summed E-state index contributed by atoms with van der Waals surface area (Å²) in [6.45, 7) is 2.00. The molecule has 1 unspecified atom stereocenters. The van der Waals surface area contributed by atoms with Crippen molar-refractivity contribution in [2.75, 3.05) is 0 Å². The first-order valence-corrected chi connectivity index (χ1v) is 4.83. The minimum Gasteiger partial charge on any atom is -0.323 e. The maximum Gasteiger partial charge on any atom is 0.0641 e. The molecule has 0 spiro atoms. The predicted molar refractivity (Wildman–Crippen MR) is 56.0 cm³/mol. The number of nitrogens with zero attached hydrogens (tertiary/aromatic N) is 1. The van der Waals surface area contributed by atoms with Crippen LogP contribution in [0.25, 0.3) is 0 Å². The average Bonchev–Trinajstić information content (AvgIpc) is 2.09. The molecule has 0 amide bonds. The van der Waals surface area contributed by atoms with E-state index in [2.05, 4.69) is 22.0 Å². The molecule has 0 fully saturated rings. The Morgan fingerprint density at radius 3 is 2.92 bits per heavy atom. The van der Waals surface area contributed by atoms with E-state index >= 15 is 0 Å². The van der Waals surface area contributed by atoms with Gasteiger partial charge in [0.05, 0.1) is 12.5 Å². The maximum atomic E-state index is 8.52. The van der Waals surface area contributed by atoms with Crippen LogP contribution in [0.4, 0.5) is 0 Å². The first-order valence-electron chi connectivity index (χ1n) is 4.03. The summed E-state index contributed by atoms with van der Waals surface area (Å²) in [5.74, 6) is 0. The summed E-state index contributed by atoms with van der Waals surface area (Å²) >= 11 is 3.38. The van der Waals surface area contributed by atoms with Crippen molar-refractivity contribution in [2.45, 2.75) is 19.4 Å². The fourth-order valence-corrected chi connectivity index (χ4v) is 1.60. The molecule has 0 saturated carbocycles. The molecule has 0 bridgehead atoms. The molecule has 0 saturated heterocycles. The van der Waals surface area contributed by atoms with Gasteiger partial charge in [-0.25, -0.2) is 0 Å². The smallest absolute Gasteiger partial charge is 0.0641 e. The predicted octanol–water partition coefficient (Wildman–Crippen LogP) is 2.67. The molecule has 3 heteroatoms. The lowest BCUT2D eigenvalue weighted by Gasteiger charge is -2.11. The van der Waals surface area contributed by atoms with Gasteiger partial charge in [0.15, 0.2) is 0 Å². The summed E-state index contributed by atoms with van der Waals surface area (Å²) in [5, 5.41) is 8.52. The minimum atomic E-state index is -0.178. The first-order chi connectivity index (χ1) is 6.15. The lowest BCUT2D eigenvalue weighted by atomic mass is 10.0. The lowest BCUT2D eigenvalue weighted by Crippen LogP contribution is -2.10. The zero-order valence-corrected chi connectivity index (χ0v) is 9.01. The highest BCUT2D eigenvalue weighted by atomic mass is 79.9. The van der Waals surface area contributed by atoms with E-state index < -0.39 is 0 Å². The van der Waals surface area contributed by atoms with Gasteiger partial charge in [0.25, 0.3) is 0 Å². The number of aryl methyl sites for hydroxylation is 1. The Morgan fingerprint density at radius 2 is 2.31 bits per heavy atom. The molecular formula is C10H11BrN2. The Kier molecular flexibility index (Phi) is 3.47. The fourth-order valence-electron chi connectivity index (χ4n) is 1.22. The highest BCUT2D eigenvalue weighted by Gasteiger charge is 2.08. The number of benzene rings is 1. The number of halogens is 1. The fraction of sp³-hybridized carbons (Fsp3) is 0.300. The number of nitriles is 1. The Morgan fingerprint density at radius 1 is 1.62 bits per heavy atom. The van der Waals surface area contributed by atoms with Gasteiger partial charge < -0.3 is 5.73 Å². The van der Waals surface area contributed by atoms with Gasteiger partial charge in [-0.1, -0.05) is 22.0 Å². The largest absolute Gasteiger partial charge is 0.323 e. The maximum absolute atomic E-state index is 8.52. The molecule has 68 valence electrons.